The Balaban J connectivity index is 2.17. The molecule has 0 atom stereocenters. The number of halogens is 1. The lowest BCUT2D eigenvalue weighted by molar-refractivity contribution is 0.491. The largest absolute Gasteiger partial charge is 0.357 e. The molecule has 0 aliphatic heterocycles. The summed E-state index contributed by atoms with van der Waals surface area (Å²) < 4.78 is 42.0. The van der Waals surface area contributed by atoms with Crippen molar-refractivity contribution in [3.05, 3.63) is 65.0 Å². The number of nitrogens with one attached hydrogen (secondary N) is 3. The molecule has 2 rings (SSSR count). The molecular formula is C22H31FN4O2S. The zero-order valence-corrected chi connectivity index (χ0v) is 19.0. The van der Waals surface area contributed by atoms with Gasteiger partial charge in [0.25, 0.3) is 0 Å². The van der Waals surface area contributed by atoms with Crippen molar-refractivity contribution < 1.29 is 12.8 Å². The number of benzene rings is 2. The highest BCUT2D eigenvalue weighted by Crippen LogP contribution is 2.18. The molecule has 8 heteroatoms. The van der Waals surface area contributed by atoms with Crippen molar-refractivity contribution in [3.8, 4) is 0 Å². The molecule has 0 saturated carbocycles. The lowest BCUT2D eigenvalue weighted by atomic mass is 10.1. The molecule has 6 nitrogen and oxygen atoms in total. The van der Waals surface area contributed by atoms with Gasteiger partial charge in [-0.25, -0.2) is 22.5 Å². The summed E-state index contributed by atoms with van der Waals surface area (Å²) in [6.45, 7) is 10.3. The van der Waals surface area contributed by atoms with E-state index in [1.54, 1.807) is 58.0 Å². The molecule has 0 amide bonds. The number of sulfonamides is 1. The number of nitrogens with zero attached hydrogens (tertiary/aromatic N) is 1. The van der Waals surface area contributed by atoms with Gasteiger partial charge in [-0.15, -0.1) is 0 Å². The van der Waals surface area contributed by atoms with Crippen LogP contribution in [0.3, 0.4) is 0 Å². The Morgan fingerprint density at radius 3 is 2.43 bits per heavy atom. The zero-order valence-electron chi connectivity index (χ0n) is 18.2. The Morgan fingerprint density at radius 1 is 1.10 bits per heavy atom. The minimum Gasteiger partial charge on any atom is -0.357 e. The van der Waals surface area contributed by atoms with Crippen LogP contribution in [-0.2, 0) is 23.1 Å². The Kier molecular flexibility index (Phi) is 7.97. The van der Waals surface area contributed by atoms with Gasteiger partial charge in [0.1, 0.15) is 5.82 Å². The molecule has 0 unspecified atom stereocenters. The first-order valence-corrected chi connectivity index (χ1v) is 11.4. The van der Waals surface area contributed by atoms with Gasteiger partial charge >= 0.3 is 0 Å². The quantitative estimate of drug-likeness (QED) is 0.460. The van der Waals surface area contributed by atoms with Gasteiger partial charge in [0.15, 0.2) is 5.96 Å². The van der Waals surface area contributed by atoms with E-state index in [1.807, 2.05) is 13.0 Å². The summed E-state index contributed by atoms with van der Waals surface area (Å²) in [5, 5.41) is 6.29. The second-order valence-corrected chi connectivity index (χ2v) is 9.75. The summed E-state index contributed by atoms with van der Waals surface area (Å²) in [5.41, 5.74) is 1.39. The van der Waals surface area contributed by atoms with E-state index in [4.69, 9.17) is 0 Å². The number of aryl methyl sites for hydroxylation is 1. The summed E-state index contributed by atoms with van der Waals surface area (Å²) in [7, 11) is -3.66. The third-order valence-electron chi connectivity index (χ3n) is 4.15. The highest BCUT2D eigenvalue weighted by Gasteiger charge is 2.24. The highest BCUT2D eigenvalue weighted by atomic mass is 32.2. The fourth-order valence-electron chi connectivity index (χ4n) is 2.80. The first-order valence-electron chi connectivity index (χ1n) is 9.91. The van der Waals surface area contributed by atoms with Gasteiger partial charge in [0.05, 0.1) is 11.4 Å². The van der Waals surface area contributed by atoms with Gasteiger partial charge in [-0.05, 0) is 63.4 Å². The first-order chi connectivity index (χ1) is 14.0. The first kappa shape index (κ1) is 23.8. The van der Waals surface area contributed by atoms with Gasteiger partial charge in [-0.2, -0.15) is 0 Å². The minimum absolute atomic E-state index is 0.226. The van der Waals surface area contributed by atoms with E-state index in [2.05, 4.69) is 20.3 Å². The fraction of sp³-hybridized carbons (Fsp3) is 0.409. The van der Waals surface area contributed by atoms with Crippen molar-refractivity contribution in [3.63, 3.8) is 0 Å². The van der Waals surface area contributed by atoms with Crippen LogP contribution in [0.1, 0.15) is 44.4 Å². The van der Waals surface area contributed by atoms with E-state index < -0.39 is 15.6 Å². The summed E-state index contributed by atoms with van der Waals surface area (Å²) in [6, 6.07) is 11.9. The van der Waals surface area contributed by atoms with Crippen molar-refractivity contribution in [1.82, 2.24) is 15.4 Å². The van der Waals surface area contributed by atoms with Crippen molar-refractivity contribution in [2.45, 2.75) is 58.1 Å². The van der Waals surface area contributed by atoms with Gasteiger partial charge in [0.2, 0.25) is 10.0 Å². The van der Waals surface area contributed by atoms with Crippen LogP contribution in [0, 0.1) is 12.7 Å². The minimum atomic E-state index is -3.66. The van der Waals surface area contributed by atoms with Crippen LogP contribution >= 0.6 is 0 Å². The molecule has 0 bridgehead atoms. The van der Waals surface area contributed by atoms with Crippen LogP contribution in [0.4, 0.5) is 4.39 Å². The average molecular weight is 435 g/mol. The molecule has 0 aromatic heterocycles. The van der Waals surface area contributed by atoms with E-state index in [0.717, 1.165) is 5.56 Å². The van der Waals surface area contributed by atoms with E-state index in [1.165, 1.54) is 6.07 Å². The van der Waals surface area contributed by atoms with Gasteiger partial charge < -0.3 is 10.6 Å². The Hall–Kier alpha value is -2.45. The summed E-state index contributed by atoms with van der Waals surface area (Å²) >= 11 is 0. The molecule has 2 aromatic rings. The van der Waals surface area contributed by atoms with Crippen LogP contribution in [0.15, 0.2) is 52.4 Å². The lowest BCUT2D eigenvalue weighted by Crippen LogP contribution is -2.41. The normalized spacial score (nSPS) is 12.7. The number of hydrogen-bond acceptors (Lipinski definition) is 3. The maximum Gasteiger partial charge on any atom is 0.241 e. The molecule has 2 aromatic carbocycles. The maximum absolute atomic E-state index is 13.8. The third-order valence-corrected chi connectivity index (χ3v) is 6.01. The third kappa shape index (κ3) is 7.11. The Bertz CT molecular complexity index is 998. The standard InChI is InChI=1S/C22H31FN4O2S/c1-6-24-21(25-14-17-12-11-16(2)19(23)13-17)26-15-18-9-7-8-10-20(18)30(28,29)27-22(3,4)5/h7-13,27H,6,14-15H2,1-5H3,(H2,24,25,26). The number of hydrogen-bond donors (Lipinski definition) is 3. The molecule has 0 spiro atoms. The molecule has 0 aliphatic rings. The Labute approximate surface area is 179 Å². The van der Waals surface area contributed by atoms with Crippen LogP contribution in [-0.4, -0.2) is 26.5 Å². The van der Waals surface area contributed by atoms with E-state index in [0.29, 0.717) is 30.2 Å². The predicted molar refractivity (Wildman–Crippen MR) is 119 cm³/mol. The number of aliphatic imine (C=N–C) groups is 1. The van der Waals surface area contributed by atoms with E-state index in [9.17, 15) is 12.8 Å². The summed E-state index contributed by atoms with van der Waals surface area (Å²) in [4.78, 5) is 4.71. The Morgan fingerprint density at radius 2 is 1.80 bits per heavy atom. The van der Waals surface area contributed by atoms with Crippen LogP contribution in [0.2, 0.25) is 0 Å². The van der Waals surface area contributed by atoms with Crippen LogP contribution < -0.4 is 15.4 Å². The smallest absolute Gasteiger partial charge is 0.241 e. The van der Waals surface area contributed by atoms with Crippen molar-refractivity contribution in [2.75, 3.05) is 6.54 Å². The summed E-state index contributed by atoms with van der Waals surface area (Å²) in [5.74, 6) is 0.264. The molecule has 3 N–H and O–H groups in total. The second-order valence-electron chi connectivity index (χ2n) is 8.10. The monoisotopic (exact) mass is 434 g/mol. The molecule has 0 heterocycles. The van der Waals surface area contributed by atoms with Gasteiger partial charge in [0, 0.05) is 18.6 Å². The van der Waals surface area contributed by atoms with Crippen LogP contribution in [0.5, 0.6) is 0 Å². The topological polar surface area (TPSA) is 82.6 Å². The van der Waals surface area contributed by atoms with Crippen molar-refractivity contribution >= 4 is 16.0 Å². The predicted octanol–water partition coefficient (Wildman–Crippen LogP) is 3.47. The average Bonchev–Trinajstić information content (AvgIpc) is 2.65. The fourth-order valence-corrected chi connectivity index (χ4v) is 4.46. The zero-order chi connectivity index (χ0) is 22.4. The van der Waals surface area contributed by atoms with Crippen LogP contribution in [0.25, 0.3) is 0 Å². The van der Waals surface area contributed by atoms with E-state index in [-0.39, 0.29) is 17.3 Å². The van der Waals surface area contributed by atoms with Crippen molar-refractivity contribution in [1.29, 1.82) is 0 Å². The lowest BCUT2D eigenvalue weighted by Gasteiger charge is -2.22. The molecule has 0 radical (unpaired) electrons. The molecule has 0 aliphatic carbocycles. The molecule has 164 valence electrons. The van der Waals surface area contributed by atoms with E-state index >= 15 is 0 Å². The molecule has 30 heavy (non-hydrogen) atoms. The second kappa shape index (κ2) is 10.0. The highest BCUT2D eigenvalue weighted by molar-refractivity contribution is 7.89. The number of guanidine groups is 1. The number of rotatable bonds is 7. The molecular weight excluding hydrogens is 403 g/mol. The maximum atomic E-state index is 13.8. The summed E-state index contributed by atoms with van der Waals surface area (Å²) in [6.07, 6.45) is 0. The SMILES string of the molecule is CCNC(=NCc1ccc(C)c(F)c1)NCc1ccccc1S(=O)(=O)NC(C)(C)C. The van der Waals surface area contributed by atoms with Gasteiger partial charge in [-0.3, -0.25) is 0 Å². The molecule has 0 fully saturated rings. The molecule has 0 saturated heterocycles. The van der Waals surface area contributed by atoms with Crippen molar-refractivity contribution in [2.24, 2.45) is 4.99 Å². The van der Waals surface area contributed by atoms with Gasteiger partial charge in [-0.1, -0.05) is 30.3 Å².